The monoisotopic (exact) mass is 364 g/mol. The second-order valence-electron chi connectivity index (χ2n) is 8.59. The van der Waals surface area contributed by atoms with Crippen LogP contribution in [0.3, 0.4) is 0 Å². The van der Waals surface area contributed by atoms with Gasteiger partial charge in [-0.05, 0) is 31.1 Å². The van der Waals surface area contributed by atoms with E-state index in [0.29, 0.717) is 12.8 Å². The van der Waals surface area contributed by atoms with E-state index in [-0.39, 0.29) is 29.3 Å². The first-order valence-electron chi connectivity index (χ1n) is 10.2. The SMILES string of the molecule is CCCCC(C)(C)[C@H](O)/C=C/C1[C@H](O)C[C@@H]2OC(=O)CCC/C=C\C[C@H]12. The lowest BCUT2D eigenvalue weighted by atomic mass is 9.80. The lowest BCUT2D eigenvalue weighted by Gasteiger charge is -2.29. The van der Waals surface area contributed by atoms with E-state index < -0.39 is 12.2 Å². The van der Waals surface area contributed by atoms with E-state index in [2.05, 4.69) is 32.9 Å². The lowest BCUT2D eigenvalue weighted by molar-refractivity contribution is -0.151. The molecule has 1 aliphatic carbocycles. The van der Waals surface area contributed by atoms with Gasteiger partial charge in [-0.1, -0.05) is 57.9 Å². The zero-order valence-corrected chi connectivity index (χ0v) is 16.6. The molecule has 0 aromatic rings. The Hall–Kier alpha value is -1.13. The van der Waals surface area contributed by atoms with Crippen molar-refractivity contribution < 1.29 is 19.7 Å². The molecule has 0 bridgehead atoms. The Morgan fingerprint density at radius 3 is 2.88 bits per heavy atom. The standard InChI is InChI=1S/C22H36O4/c1-4-5-14-22(2,3)20(24)13-12-16-17-10-8-6-7-9-11-21(25)26-19(17)15-18(16)23/h6,8,12-13,16-20,23-24H,4-5,7,9-11,14-15H2,1-3H3/b8-6-,13-12+/t16?,17-,18-,19+,20-/m1/s1. The Morgan fingerprint density at radius 1 is 1.38 bits per heavy atom. The van der Waals surface area contributed by atoms with Gasteiger partial charge >= 0.3 is 5.97 Å². The van der Waals surface area contributed by atoms with Gasteiger partial charge in [0.2, 0.25) is 0 Å². The van der Waals surface area contributed by atoms with Gasteiger partial charge in [0.15, 0.2) is 0 Å². The van der Waals surface area contributed by atoms with Gasteiger partial charge in [0.05, 0.1) is 12.2 Å². The molecule has 0 amide bonds. The van der Waals surface area contributed by atoms with Gasteiger partial charge in [-0.3, -0.25) is 4.79 Å². The molecular weight excluding hydrogens is 328 g/mol. The average molecular weight is 365 g/mol. The predicted octanol–water partition coefficient (Wildman–Crippen LogP) is 4.16. The fourth-order valence-electron chi connectivity index (χ4n) is 4.06. The molecule has 0 aromatic carbocycles. The molecule has 148 valence electrons. The first-order valence-corrected chi connectivity index (χ1v) is 10.2. The molecule has 4 nitrogen and oxygen atoms in total. The molecular formula is C22H36O4. The third-order valence-corrected chi connectivity index (χ3v) is 5.99. The third kappa shape index (κ3) is 5.68. The molecule has 2 N–H and O–H groups in total. The van der Waals surface area contributed by atoms with Gasteiger partial charge in [-0.2, -0.15) is 0 Å². The molecule has 0 saturated heterocycles. The van der Waals surface area contributed by atoms with Crippen LogP contribution in [0.5, 0.6) is 0 Å². The molecule has 1 saturated carbocycles. The first kappa shape index (κ1) is 21.2. The van der Waals surface area contributed by atoms with Crippen molar-refractivity contribution in [2.24, 2.45) is 17.3 Å². The largest absolute Gasteiger partial charge is 0.462 e. The number of esters is 1. The highest BCUT2D eigenvalue weighted by Gasteiger charge is 2.43. The van der Waals surface area contributed by atoms with Crippen LogP contribution in [0.1, 0.15) is 72.1 Å². The molecule has 4 heteroatoms. The number of unbranched alkanes of at least 4 members (excludes halogenated alkanes) is 1. The van der Waals surface area contributed by atoms with Crippen LogP contribution in [0, 0.1) is 17.3 Å². The number of hydrogen-bond acceptors (Lipinski definition) is 4. The number of carbonyl (C=O) groups is 1. The van der Waals surface area contributed by atoms with Crippen molar-refractivity contribution in [1.82, 2.24) is 0 Å². The molecule has 1 fully saturated rings. The quantitative estimate of drug-likeness (QED) is 0.549. The van der Waals surface area contributed by atoms with E-state index in [4.69, 9.17) is 4.74 Å². The number of rotatable bonds is 6. The fraction of sp³-hybridized carbons (Fsp3) is 0.773. The molecule has 1 unspecified atom stereocenters. The summed E-state index contributed by atoms with van der Waals surface area (Å²) in [6.45, 7) is 6.32. The highest BCUT2D eigenvalue weighted by Crippen LogP contribution is 2.39. The average Bonchev–Trinajstić information content (AvgIpc) is 2.88. The van der Waals surface area contributed by atoms with Crippen LogP contribution in [-0.4, -0.2) is 34.5 Å². The second kappa shape index (κ2) is 9.70. The minimum absolute atomic E-state index is 0.0745. The summed E-state index contributed by atoms with van der Waals surface area (Å²) in [7, 11) is 0. The summed E-state index contributed by atoms with van der Waals surface area (Å²) in [6.07, 6.45) is 13.4. The molecule has 26 heavy (non-hydrogen) atoms. The van der Waals surface area contributed by atoms with Gasteiger partial charge < -0.3 is 14.9 Å². The molecule has 1 aliphatic heterocycles. The summed E-state index contributed by atoms with van der Waals surface area (Å²) in [5, 5.41) is 21.1. The van der Waals surface area contributed by atoms with E-state index in [9.17, 15) is 15.0 Å². The molecule has 2 aliphatic rings. The Balaban J connectivity index is 2.09. The summed E-state index contributed by atoms with van der Waals surface area (Å²) in [6, 6.07) is 0. The highest BCUT2D eigenvalue weighted by atomic mass is 16.5. The summed E-state index contributed by atoms with van der Waals surface area (Å²) in [5.74, 6) is -0.174. The minimum atomic E-state index is -0.544. The zero-order valence-electron chi connectivity index (χ0n) is 16.6. The van der Waals surface area contributed by atoms with Gasteiger partial charge in [-0.25, -0.2) is 0 Å². The third-order valence-electron chi connectivity index (χ3n) is 5.99. The molecule has 0 aromatic heterocycles. The second-order valence-corrected chi connectivity index (χ2v) is 8.59. The smallest absolute Gasteiger partial charge is 0.306 e. The fourth-order valence-corrected chi connectivity index (χ4v) is 4.06. The maximum atomic E-state index is 12.0. The number of hydrogen-bond donors (Lipinski definition) is 2. The van der Waals surface area contributed by atoms with Crippen LogP contribution >= 0.6 is 0 Å². The van der Waals surface area contributed by atoms with Crippen LogP contribution < -0.4 is 0 Å². The van der Waals surface area contributed by atoms with Crippen LogP contribution in [0.25, 0.3) is 0 Å². The molecule has 5 atom stereocenters. The van der Waals surface area contributed by atoms with Crippen molar-refractivity contribution >= 4 is 5.97 Å². The first-order chi connectivity index (χ1) is 12.3. The molecule has 2 rings (SSSR count). The highest BCUT2D eigenvalue weighted by molar-refractivity contribution is 5.69. The van der Waals surface area contributed by atoms with Crippen molar-refractivity contribution in [1.29, 1.82) is 0 Å². The number of allylic oxidation sites excluding steroid dienone is 2. The van der Waals surface area contributed by atoms with Crippen LogP contribution in [0.2, 0.25) is 0 Å². The Kier molecular flexibility index (Phi) is 7.90. The van der Waals surface area contributed by atoms with E-state index in [0.717, 1.165) is 38.5 Å². The number of ether oxygens (including phenoxy) is 1. The Labute approximate surface area is 158 Å². The van der Waals surface area contributed by atoms with Crippen molar-refractivity contribution in [3.05, 3.63) is 24.3 Å². The lowest BCUT2D eigenvalue weighted by Crippen LogP contribution is -2.28. The minimum Gasteiger partial charge on any atom is -0.462 e. The Morgan fingerprint density at radius 2 is 2.15 bits per heavy atom. The number of carbonyl (C=O) groups excluding carboxylic acids is 1. The predicted molar refractivity (Wildman–Crippen MR) is 104 cm³/mol. The number of fused-ring (bicyclic) bond motifs is 1. The molecule has 1 heterocycles. The van der Waals surface area contributed by atoms with Gasteiger partial charge in [-0.15, -0.1) is 0 Å². The maximum absolute atomic E-state index is 12.0. The summed E-state index contributed by atoms with van der Waals surface area (Å²) >= 11 is 0. The summed E-state index contributed by atoms with van der Waals surface area (Å²) in [4.78, 5) is 12.0. The van der Waals surface area contributed by atoms with E-state index in [1.807, 2.05) is 12.2 Å². The van der Waals surface area contributed by atoms with Crippen molar-refractivity contribution in [3.8, 4) is 0 Å². The molecule has 0 radical (unpaired) electrons. The van der Waals surface area contributed by atoms with Gasteiger partial charge in [0.25, 0.3) is 0 Å². The number of aliphatic hydroxyl groups excluding tert-OH is 2. The summed E-state index contributed by atoms with van der Waals surface area (Å²) < 4.78 is 5.65. The van der Waals surface area contributed by atoms with E-state index >= 15 is 0 Å². The van der Waals surface area contributed by atoms with Gasteiger partial charge in [0, 0.05) is 24.7 Å². The number of aliphatic hydroxyl groups is 2. The normalized spacial score (nSPS) is 32.9. The van der Waals surface area contributed by atoms with Crippen LogP contribution in [0.15, 0.2) is 24.3 Å². The van der Waals surface area contributed by atoms with E-state index in [1.54, 1.807) is 0 Å². The van der Waals surface area contributed by atoms with E-state index in [1.165, 1.54) is 0 Å². The molecule has 0 spiro atoms. The van der Waals surface area contributed by atoms with Crippen LogP contribution in [0.4, 0.5) is 0 Å². The Bertz CT molecular complexity index is 508. The summed E-state index contributed by atoms with van der Waals surface area (Å²) in [5.41, 5.74) is -0.182. The van der Waals surface area contributed by atoms with Crippen molar-refractivity contribution in [3.63, 3.8) is 0 Å². The van der Waals surface area contributed by atoms with Crippen molar-refractivity contribution in [2.45, 2.75) is 90.4 Å². The van der Waals surface area contributed by atoms with Gasteiger partial charge in [0.1, 0.15) is 6.10 Å². The maximum Gasteiger partial charge on any atom is 0.306 e. The van der Waals surface area contributed by atoms with Crippen LogP contribution in [-0.2, 0) is 9.53 Å². The van der Waals surface area contributed by atoms with Crippen molar-refractivity contribution in [2.75, 3.05) is 0 Å². The zero-order chi connectivity index (χ0) is 19.2. The topological polar surface area (TPSA) is 66.8 Å².